The zero-order chi connectivity index (χ0) is 23.7. The molecule has 0 aliphatic heterocycles. The number of phenols is 1. The summed E-state index contributed by atoms with van der Waals surface area (Å²) in [6.07, 6.45) is 0. The van der Waals surface area contributed by atoms with Crippen molar-refractivity contribution < 1.29 is 22.7 Å². The van der Waals surface area contributed by atoms with E-state index in [1.165, 1.54) is 25.3 Å². The Balaban J connectivity index is 1.65. The van der Waals surface area contributed by atoms with E-state index in [-0.39, 0.29) is 21.6 Å². The van der Waals surface area contributed by atoms with Crippen LogP contribution >= 0.6 is 10.8 Å². The third-order valence-corrected chi connectivity index (χ3v) is 8.16. The van der Waals surface area contributed by atoms with Crippen LogP contribution in [0.2, 0.25) is 0 Å². The molecule has 0 fully saturated rings. The average molecular weight is 491 g/mol. The standard InChI is InChI=1S/C25H18N2O5S2/c1-31-24-13-16(11-12-21(24)28)19-15-20(23-14-17-7-5-6-10-22(17)32-23)27-25(26-19)33-34(29,30)18-8-3-2-4-9-18/h2-15,28H,1H3. The van der Waals surface area contributed by atoms with Crippen LogP contribution in [0.4, 0.5) is 0 Å². The number of fused-ring (bicyclic) bond motifs is 1. The van der Waals surface area contributed by atoms with Crippen LogP contribution in [0.25, 0.3) is 33.7 Å². The fourth-order valence-corrected chi connectivity index (χ4v) is 5.90. The molecule has 0 atom stereocenters. The number of benzene rings is 3. The summed E-state index contributed by atoms with van der Waals surface area (Å²) in [6, 6.07) is 24.0. The molecule has 0 aliphatic rings. The number of ether oxygens (including phenoxy) is 1. The topological polar surface area (TPSA) is 103 Å². The molecular weight excluding hydrogens is 472 g/mol. The first-order valence-electron chi connectivity index (χ1n) is 10.2. The number of rotatable bonds is 6. The second-order valence-electron chi connectivity index (χ2n) is 7.31. The predicted octanol–water partition coefficient (Wildman–Crippen LogP) is 5.75. The third kappa shape index (κ3) is 4.35. The van der Waals surface area contributed by atoms with E-state index in [4.69, 9.17) is 9.15 Å². The molecule has 0 saturated carbocycles. The minimum Gasteiger partial charge on any atom is -0.504 e. The number of phenolic OH excluding ortho intramolecular Hbond substituents is 1. The number of methoxy groups -OCH3 is 1. The van der Waals surface area contributed by atoms with E-state index < -0.39 is 8.87 Å². The Kier molecular flexibility index (Phi) is 5.72. The van der Waals surface area contributed by atoms with Crippen LogP contribution in [-0.4, -0.2) is 30.6 Å². The highest BCUT2D eigenvalue weighted by atomic mass is 33.1. The molecule has 3 aromatic carbocycles. The molecule has 0 amide bonds. The Hall–Kier alpha value is -3.82. The maximum absolute atomic E-state index is 13.0. The lowest BCUT2D eigenvalue weighted by molar-refractivity contribution is 0.373. The zero-order valence-corrected chi connectivity index (χ0v) is 19.5. The first kappa shape index (κ1) is 22.0. The van der Waals surface area contributed by atoms with E-state index in [1.54, 1.807) is 36.4 Å². The summed E-state index contributed by atoms with van der Waals surface area (Å²) < 4.78 is 37.2. The second-order valence-corrected chi connectivity index (χ2v) is 11.0. The van der Waals surface area contributed by atoms with Gasteiger partial charge in [-0.3, -0.25) is 0 Å². The van der Waals surface area contributed by atoms with Crippen LogP contribution in [0.15, 0.2) is 99.4 Å². The van der Waals surface area contributed by atoms with Crippen LogP contribution in [0.1, 0.15) is 0 Å². The molecule has 0 bridgehead atoms. The lowest BCUT2D eigenvalue weighted by Gasteiger charge is -2.09. The Bertz CT molecular complexity index is 1570. The molecule has 0 spiro atoms. The first-order valence-corrected chi connectivity index (χ1v) is 13.0. The molecule has 2 aromatic heterocycles. The van der Waals surface area contributed by atoms with E-state index in [2.05, 4.69) is 9.97 Å². The van der Waals surface area contributed by atoms with Crippen molar-refractivity contribution >= 4 is 30.6 Å². The second kappa shape index (κ2) is 8.85. The number of hydrogen-bond donors (Lipinski definition) is 1. The van der Waals surface area contributed by atoms with Gasteiger partial charge in [0.25, 0.3) is 0 Å². The SMILES string of the molecule is COc1cc(-c2cc(-c3cc4ccccc4o3)nc(SS(=O)(=O)c3ccccc3)n2)ccc1O. The summed E-state index contributed by atoms with van der Waals surface area (Å²) in [7, 11) is -1.74. The van der Waals surface area contributed by atoms with Gasteiger partial charge >= 0.3 is 0 Å². The highest BCUT2D eigenvalue weighted by Gasteiger charge is 2.21. The van der Waals surface area contributed by atoms with Crippen molar-refractivity contribution in [2.45, 2.75) is 10.1 Å². The quantitative estimate of drug-likeness (QED) is 0.237. The Labute approximate surface area is 199 Å². The van der Waals surface area contributed by atoms with E-state index in [1.807, 2.05) is 30.3 Å². The van der Waals surface area contributed by atoms with Crippen molar-refractivity contribution in [1.29, 1.82) is 0 Å². The fourth-order valence-electron chi connectivity index (χ4n) is 3.41. The van der Waals surface area contributed by atoms with E-state index in [0.717, 1.165) is 5.39 Å². The van der Waals surface area contributed by atoms with Crippen molar-refractivity contribution in [3.05, 3.63) is 84.9 Å². The first-order chi connectivity index (χ1) is 16.4. The summed E-state index contributed by atoms with van der Waals surface area (Å²) >= 11 is 0. The maximum Gasteiger partial charge on any atom is 0.237 e. The number of para-hydroxylation sites is 1. The van der Waals surface area contributed by atoms with Gasteiger partial charge in [-0.15, -0.1) is 0 Å². The minimum absolute atomic E-state index is 0.0148. The minimum atomic E-state index is -3.76. The van der Waals surface area contributed by atoms with Crippen LogP contribution in [0, 0.1) is 0 Å². The van der Waals surface area contributed by atoms with Crippen molar-refractivity contribution in [1.82, 2.24) is 9.97 Å². The molecule has 2 heterocycles. The summed E-state index contributed by atoms with van der Waals surface area (Å²) in [6.45, 7) is 0. The maximum atomic E-state index is 13.0. The van der Waals surface area contributed by atoms with Gasteiger partial charge in [0.05, 0.1) is 28.5 Å². The normalized spacial score (nSPS) is 11.6. The number of aromatic nitrogens is 2. The summed E-state index contributed by atoms with van der Waals surface area (Å²) in [5.74, 6) is 0.737. The van der Waals surface area contributed by atoms with E-state index in [9.17, 15) is 13.5 Å². The van der Waals surface area contributed by atoms with Gasteiger partial charge in [0.15, 0.2) is 17.3 Å². The molecule has 0 saturated heterocycles. The molecule has 170 valence electrons. The fraction of sp³-hybridized carbons (Fsp3) is 0.0400. The molecule has 0 unspecified atom stereocenters. The molecule has 9 heteroatoms. The summed E-state index contributed by atoms with van der Waals surface area (Å²) in [5.41, 5.74) is 2.19. The van der Waals surface area contributed by atoms with Gasteiger partial charge in [-0.1, -0.05) is 36.4 Å². The Morgan fingerprint density at radius 1 is 0.882 bits per heavy atom. The highest BCUT2D eigenvalue weighted by Crippen LogP contribution is 2.36. The van der Waals surface area contributed by atoms with E-state index in [0.29, 0.717) is 39.1 Å². The van der Waals surface area contributed by atoms with E-state index >= 15 is 0 Å². The van der Waals surface area contributed by atoms with Crippen molar-refractivity contribution in [3.8, 4) is 34.2 Å². The number of furan rings is 1. The Morgan fingerprint density at radius 2 is 1.62 bits per heavy atom. The molecule has 0 aliphatic carbocycles. The zero-order valence-electron chi connectivity index (χ0n) is 17.9. The molecular formula is C25H18N2O5S2. The van der Waals surface area contributed by atoms with Gasteiger partial charge in [0.1, 0.15) is 11.3 Å². The third-order valence-electron chi connectivity index (χ3n) is 5.08. The monoisotopic (exact) mass is 490 g/mol. The highest BCUT2D eigenvalue weighted by molar-refractivity contribution is 8.72. The average Bonchev–Trinajstić information content (AvgIpc) is 3.29. The number of hydrogen-bond acceptors (Lipinski definition) is 8. The summed E-state index contributed by atoms with van der Waals surface area (Å²) in [4.78, 5) is 9.14. The van der Waals surface area contributed by atoms with Crippen LogP contribution in [-0.2, 0) is 8.87 Å². The number of nitrogens with zero attached hydrogens (tertiary/aromatic N) is 2. The van der Waals surface area contributed by atoms with Crippen LogP contribution in [0.5, 0.6) is 11.5 Å². The van der Waals surface area contributed by atoms with Gasteiger partial charge in [0, 0.05) is 10.9 Å². The molecule has 5 aromatic rings. The van der Waals surface area contributed by atoms with Crippen molar-refractivity contribution in [2.24, 2.45) is 0 Å². The largest absolute Gasteiger partial charge is 0.504 e. The molecule has 1 N–H and O–H groups in total. The van der Waals surface area contributed by atoms with Crippen LogP contribution in [0.3, 0.4) is 0 Å². The van der Waals surface area contributed by atoms with Crippen LogP contribution < -0.4 is 4.74 Å². The van der Waals surface area contributed by atoms with Crippen molar-refractivity contribution in [3.63, 3.8) is 0 Å². The van der Waals surface area contributed by atoms with Gasteiger partial charge in [-0.05, 0) is 48.5 Å². The summed E-state index contributed by atoms with van der Waals surface area (Å²) in [5, 5.41) is 10.9. The Morgan fingerprint density at radius 3 is 2.38 bits per heavy atom. The predicted molar refractivity (Wildman–Crippen MR) is 130 cm³/mol. The van der Waals surface area contributed by atoms with Gasteiger partial charge in [-0.2, -0.15) is 0 Å². The molecule has 0 radical (unpaired) electrons. The molecule has 5 rings (SSSR count). The van der Waals surface area contributed by atoms with Gasteiger partial charge in [0.2, 0.25) is 14.0 Å². The van der Waals surface area contributed by atoms with Crippen molar-refractivity contribution in [2.75, 3.05) is 7.11 Å². The molecule has 7 nitrogen and oxygen atoms in total. The van der Waals surface area contributed by atoms with Gasteiger partial charge < -0.3 is 14.3 Å². The van der Waals surface area contributed by atoms with Gasteiger partial charge in [-0.25, -0.2) is 18.4 Å². The lowest BCUT2D eigenvalue weighted by Crippen LogP contribution is -2.00. The number of aromatic hydroxyl groups is 1. The molecule has 34 heavy (non-hydrogen) atoms. The lowest BCUT2D eigenvalue weighted by atomic mass is 10.1. The smallest absolute Gasteiger partial charge is 0.237 e.